The van der Waals surface area contributed by atoms with Gasteiger partial charge in [0, 0.05) is 48.1 Å². The molecule has 1 aliphatic heterocycles. The van der Waals surface area contributed by atoms with Crippen LogP contribution in [0.4, 0.5) is 0 Å². The van der Waals surface area contributed by atoms with Crippen molar-refractivity contribution < 1.29 is 14.4 Å². The molecule has 2 heterocycles. The first-order valence-corrected chi connectivity index (χ1v) is 10.9. The van der Waals surface area contributed by atoms with Gasteiger partial charge in [-0.25, -0.2) is 0 Å². The van der Waals surface area contributed by atoms with E-state index in [4.69, 9.17) is 0 Å². The van der Waals surface area contributed by atoms with Gasteiger partial charge in [-0.3, -0.25) is 24.3 Å². The van der Waals surface area contributed by atoms with Gasteiger partial charge in [0.1, 0.15) is 0 Å². The summed E-state index contributed by atoms with van der Waals surface area (Å²) in [5, 5.41) is 4.54. The SMILES string of the molecule is O=C(/C=C\c1cccnc1)NCCCCCCN1C(=O)c2cccc3cccc(c23)C1=O. The number of nitrogens with one attached hydrogen (secondary N) is 1. The lowest BCUT2D eigenvalue weighted by Crippen LogP contribution is -2.40. The summed E-state index contributed by atoms with van der Waals surface area (Å²) in [7, 11) is 0. The fourth-order valence-electron chi connectivity index (χ4n) is 3.95. The van der Waals surface area contributed by atoms with Gasteiger partial charge >= 0.3 is 0 Å². The smallest absolute Gasteiger partial charge is 0.261 e. The summed E-state index contributed by atoms with van der Waals surface area (Å²) < 4.78 is 0. The van der Waals surface area contributed by atoms with Crippen LogP contribution in [-0.4, -0.2) is 40.7 Å². The Morgan fingerprint density at radius 2 is 1.62 bits per heavy atom. The predicted octanol–water partition coefficient (Wildman–Crippen LogP) is 4.22. The number of carbonyl (C=O) groups excluding carboxylic acids is 3. The van der Waals surface area contributed by atoms with Crippen molar-refractivity contribution in [3.05, 3.63) is 83.7 Å². The normalized spacial score (nSPS) is 13.2. The Balaban J connectivity index is 1.19. The number of hydrogen-bond donors (Lipinski definition) is 1. The summed E-state index contributed by atoms with van der Waals surface area (Å²) in [4.78, 5) is 43.0. The van der Waals surface area contributed by atoms with E-state index >= 15 is 0 Å². The van der Waals surface area contributed by atoms with Crippen LogP contribution < -0.4 is 5.32 Å². The van der Waals surface area contributed by atoms with Gasteiger partial charge in [0.15, 0.2) is 0 Å². The molecule has 32 heavy (non-hydrogen) atoms. The van der Waals surface area contributed by atoms with Gasteiger partial charge in [0.05, 0.1) is 0 Å². The summed E-state index contributed by atoms with van der Waals surface area (Å²) >= 11 is 0. The molecule has 1 N–H and O–H groups in total. The minimum atomic E-state index is -0.216. The van der Waals surface area contributed by atoms with Crippen molar-refractivity contribution in [3.8, 4) is 0 Å². The van der Waals surface area contributed by atoms with Crippen molar-refractivity contribution in [2.75, 3.05) is 13.1 Å². The van der Waals surface area contributed by atoms with Crippen LogP contribution in [0.15, 0.2) is 67.0 Å². The number of benzene rings is 2. The van der Waals surface area contributed by atoms with E-state index in [1.807, 2.05) is 36.4 Å². The maximum absolute atomic E-state index is 12.9. The van der Waals surface area contributed by atoms with Crippen LogP contribution in [0.2, 0.25) is 0 Å². The van der Waals surface area contributed by atoms with Gasteiger partial charge in [-0.05, 0) is 48.1 Å². The zero-order valence-corrected chi connectivity index (χ0v) is 17.8. The molecule has 6 heteroatoms. The molecule has 0 saturated carbocycles. The van der Waals surface area contributed by atoms with Gasteiger partial charge in [0.2, 0.25) is 5.91 Å². The minimum Gasteiger partial charge on any atom is -0.353 e. The summed E-state index contributed by atoms with van der Waals surface area (Å²) in [5.41, 5.74) is 2.07. The molecule has 3 aromatic rings. The molecule has 1 aromatic heterocycles. The van der Waals surface area contributed by atoms with E-state index in [9.17, 15) is 14.4 Å². The largest absolute Gasteiger partial charge is 0.353 e. The lowest BCUT2D eigenvalue weighted by atomic mass is 9.94. The molecular weight excluding hydrogens is 402 g/mol. The second-order valence-corrected chi connectivity index (χ2v) is 7.80. The van der Waals surface area contributed by atoms with Crippen LogP contribution in [0, 0.1) is 0 Å². The topological polar surface area (TPSA) is 79.4 Å². The fourth-order valence-corrected chi connectivity index (χ4v) is 3.95. The molecule has 1 aliphatic rings. The van der Waals surface area contributed by atoms with E-state index in [0.29, 0.717) is 24.2 Å². The fraction of sp³-hybridized carbons (Fsp3) is 0.231. The molecule has 162 valence electrons. The highest BCUT2D eigenvalue weighted by Crippen LogP contribution is 2.30. The number of amides is 3. The molecule has 0 saturated heterocycles. The highest BCUT2D eigenvalue weighted by molar-refractivity contribution is 6.25. The van der Waals surface area contributed by atoms with Crippen LogP contribution in [0.3, 0.4) is 0 Å². The lowest BCUT2D eigenvalue weighted by molar-refractivity contribution is -0.116. The monoisotopic (exact) mass is 427 g/mol. The molecule has 0 spiro atoms. The van der Waals surface area contributed by atoms with Crippen molar-refractivity contribution >= 4 is 34.6 Å². The maximum Gasteiger partial charge on any atom is 0.261 e. The highest BCUT2D eigenvalue weighted by Gasteiger charge is 2.31. The van der Waals surface area contributed by atoms with Crippen LogP contribution in [0.25, 0.3) is 16.8 Å². The molecular formula is C26H25N3O3. The van der Waals surface area contributed by atoms with Gasteiger partial charge in [0.25, 0.3) is 11.8 Å². The summed E-state index contributed by atoms with van der Waals surface area (Å²) in [6, 6.07) is 14.8. The van der Waals surface area contributed by atoms with Crippen LogP contribution in [0.5, 0.6) is 0 Å². The number of carbonyl (C=O) groups is 3. The molecule has 4 rings (SSSR count). The zero-order valence-electron chi connectivity index (χ0n) is 17.8. The van der Waals surface area contributed by atoms with E-state index in [0.717, 1.165) is 42.0 Å². The molecule has 0 unspecified atom stereocenters. The van der Waals surface area contributed by atoms with Crippen molar-refractivity contribution in [1.29, 1.82) is 0 Å². The molecule has 2 aromatic carbocycles. The van der Waals surface area contributed by atoms with Crippen LogP contribution >= 0.6 is 0 Å². The van der Waals surface area contributed by atoms with Gasteiger partial charge in [-0.15, -0.1) is 0 Å². The second-order valence-electron chi connectivity index (χ2n) is 7.80. The lowest BCUT2D eigenvalue weighted by Gasteiger charge is -2.27. The summed E-state index contributed by atoms with van der Waals surface area (Å²) in [5.74, 6) is -0.565. The van der Waals surface area contributed by atoms with Gasteiger partial charge in [-0.2, -0.15) is 0 Å². The standard InChI is InChI=1S/C26H25N3O3/c30-23(14-13-19-8-7-15-27-18-19)28-16-3-1-2-4-17-29-25(31)21-11-5-9-20-10-6-12-22(24(20)21)26(29)32/h5-15,18H,1-4,16-17H2,(H,28,30)/b14-13-. The first-order chi connectivity index (χ1) is 15.6. The van der Waals surface area contributed by atoms with E-state index in [2.05, 4.69) is 10.3 Å². The average molecular weight is 428 g/mol. The molecule has 0 bridgehead atoms. The maximum atomic E-state index is 12.9. The Labute approximate surface area is 187 Å². The highest BCUT2D eigenvalue weighted by atomic mass is 16.2. The first-order valence-electron chi connectivity index (χ1n) is 10.9. The van der Waals surface area contributed by atoms with E-state index in [-0.39, 0.29) is 17.7 Å². The van der Waals surface area contributed by atoms with Crippen molar-refractivity contribution in [2.45, 2.75) is 25.7 Å². The van der Waals surface area contributed by atoms with Crippen molar-refractivity contribution in [3.63, 3.8) is 0 Å². The Bertz CT molecular complexity index is 1120. The molecule has 0 radical (unpaired) electrons. The Morgan fingerprint density at radius 1 is 0.906 bits per heavy atom. The van der Waals surface area contributed by atoms with E-state index in [1.165, 1.54) is 11.0 Å². The summed E-state index contributed by atoms with van der Waals surface area (Å²) in [6.45, 7) is 0.996. The molecule has 3 amide bonds. The molecule has 6 nitrogen and oxygen atoms in total. The van der Waals surface area contributed by atoms with Gasteiger partial charge < -0.3 is 5.32 Å². The summed E-state index contributed by atoms with van der Waals surface area (Å²) in [6.07, 6.45) is 9.99. The average Bonchev–Trinajstić information content (AvgIpc) is 2.83. The quantitative estimate of drug-likeness (QED) is 0.315. The predicted molar refractivity (Wildman–Crippen MR) is 124 cm³/mol. The zero-order chi connectivity index (χ0) is 22.3. The molecule has 0 atom stereocenters. The Morgan fingerprint density at radius 3 is 2.31 bits per heavy atom. The minimum absolute atomic E-state index is 0.133. The Hall–Kier alpha value is -3.80. The third-order valence-corrected chi connectivity index (χ3v) is 5.58. The number of pyridine rings is 1. The number of unbranched alkanes of at least 4 members (excludes halogenated alkanes) is 3. The number of rotatable bonds is 9. The first kappa shape index (κ1) is 21.4. The molecule has 0 fully saturated rings. The second kappa shape index (κ2) is 10.0. The number of nitrogens with zero attached hydrogens (tertiary/aromatic N) is 2. The Kier molecular flexibility index (Phi) is 6.70. The van der Waals surface area contributed by atoms with Crippen LogP contribution in [-0.2, 0) is 4.79 Å². The number of hydrogen-bond acceptors (Lipinski definition) is 4. The van der Waals surface area contributed by atoms with Crippen molar-refractivity contribution in [2.24, 2.45) is 0 Å². The van der Waals surface area contributed by atoms with Gasteiger partial charge in [-0.1, -0.05) is 43.2 Å². The molecule has 0 aliphatic carbocycles. The van der Waals surface area contributed by atoms with Crippen LogP contribution in [0.1, 0.15) is 52.0 Å². The number of aromatic nitrogens is 1. The van der Waals surface area contributed by atoms with Crippen molar-refractivity contribution in [1.82, 2.24) is 15.2 Å². The number of imide groups is 1. The third-order valence-electron chi connectivity index (χ3n) is 5.58. The third kappa shape index (κ3) is 4.75. The van der Waals surface area contributed by atoms with E-state index < -0.39 is 0 Å². The van der Waals surface area contributed by atoms with E-state index in [1.54, 1.807) is 30.6 Å².